The number of piperidine rings is 1. The Morgan fingerprint density at radius 1 is 1.09 bits per heavy atom. The highest BCUT2D eigenvalue weighted by Crippen LogP contribution is 2.17. The average Bonchev–Trinajstić information content (AvgIpc) is 2.74. The molecule has 1 aliphatic rings. The fourth-order valence-electron chi connectivity index (χ4n) is 3.40. The van der Waals surface area contributed by atoms with Crippen molar-refractivity contribution in [1.82, 2.24) is 10.2 Å². The summed E-state index contributed by atoms with van der Waals surface area (Å²) in [5, 5.41) is 2.71. The van der Waals surface area contributed by atoms with Gasteiger partial charge in [-0.1, -0.05) is 44.2 Å². The van der Waals surface area contributed by atoms with Crippen molar-refractivity contribution in [2.45, 2.75) is 71.8 Å². The first-order chi connectivity index (χ1) is 15.0. The summed E-state index contributed by atoms with van der Waals surface area (Å²) in [7, 11) is 0. The summed E-state index contributed by atoms with van der Waals surface area (Å²) in [5.41, 5.74) is 0.334. The van der Waals surface area contributed by atoms with E-state index in [1.165, 1.54) is 0 Å². The number of esters is 1. The number of rotatable bonds is 8. The van der Waals surface area contributed by atoms with Crippen molar-refractivity contribution in [2.75, 3.05) is 19.7 Å². The Labute approximate surface area is 190 Å². The van der Waals surface area contributed by atoms with Gasteiger partial charge in [0.1, 0.15) is 24.9 Å². The van der Waals surface area contributed by atoms with Gasteiger partial charge >= 0.3 is 12.1 Å². The molecule has 0 bridgehead atoms. The number of carbonyl (C=O) groups excluding carboxylic acids is 3. The molecular formula is C24H36N2O6. The van der Waals surface area contributed by atoms with Crippen LogP contribution < -0.4 is 5.32 Å². The van der Waals surface area contributed by atoms with Crippen LogP contribution in [-0.4, -0.2) is 60.3 Å². The minimum Gasteiger partial charge on any atom is -0.458 e. The van der Waals surface area contributed by atoms with Crippen molar-refractivity contribution in [1.29, 1.82) is 0 Å². The second-order valence-electron chi connectivity index (χ2n) is 9.35. The lowest BCUT2D eigenvalue weighted by atomic mass is 10.0. The SMILES string of the molecule is CC(C)[C@H](NC(=O)OCc1ccccc1)C(=O)N1CCC(OCC(=O)OC(C)(C)C)CC1. The van der Waals surface area contributed by atoms with Crippen LogP contribution in [0, 0.1) is 5.92 Å². The van der Waals surface area contributed by atoms with Gasteiger partial charge in [0.2, 0.25) is 5.91 Å². The Balaban J connectivity index is 1.78. The maximum absolute atomic E-state index is 13.0. The standard InChI is InChI=1S/C24H36N2O6/c1-17(2)21(25-23(29)31-15-18-9-7-6-8-10-18)22(28)26-13-11-19(12-14-26)30-16-20(27)32-24(3,4)5/h6-10,17,19,21H,11-16H2,1-5H3,(H,25,29)/t21-/m0/s1. The summed E-state index contributed by atoms with van der Waals surface area (Å²) in [6.45, 7) is 10.3. The van der Waals surface area contributed by atoms with Gasteiger partial charge < -0.3 is 24.4 Å². The number of carbonyl (C=O) groups is 3. The van der Waals surface area contributed by atoms with E-state index in [1.54, 1.807) is 4.90 Å². The highest BCUT2D eigenvalue weighted by atomic mass is 16.6. The van der Waals surface area contributed by atoms with Gasteiger partial charge in [0.05, 0.1) is 6.10 Å². The minimum absolute atomic E-state index is 0.0899. The molecule has 8 nitrogen and oxygen atoms in total. The molecule has 1 saturated heterocycles. The molecule has 0 saturated carbocycles. The van der Waals surface area contributed by atoms with Crippen LogP contribution >= 0.6 is 0 Å². The number of ether oxygens (including phenoxy) is 3. The second kappa shape index (κ2) is 11.9. The number of hydrogen-bond donors (Lipinski definition) is 1. The van der Waals surface area contributed by atoms with Crippen LogP contribution in [-0.2, 0) is 30.4 Å². The third-order valence-electron chi connectivity index (χ3n) is 5.03. The summed E-state index contributed by atoms with van der Waals surface area (Å²) in [6.07, 6.45) is 0.527. The van der Waals surface area contributed by atoms with E-state index < -0.39 is 23.7 Å². The number of amides is 2. The van der Waals surface area contributed by atoms with Gasteiger partial charge in [0, 0.05) is 13.1 Å². The van der Waals surface area contributed by atoms with Crippen LogP contribution in [0.1, 0.15) is 53.0 Å². The molecule has 2 amide bonds. The number of likely N-dealkylation sites (tertiary alicyclic amines) is 1. The lowest BCUT2D eigenvalue weighted by molar-refractivity contribution is -0.163. The Kier molecular flexibility index (Phi) is 9.50. The van der Waals surface area contributed by atoms with Crippen molar-refractivity contribution < 1.29 is 28.6 Å². The Hall–Kier alpha value is -2.61. The first-order valence-electron chi connectivity index (χ1n) is 11.1. The molecule has 178 valence electrons. The fraction of sp³-hybridized carbons (Fsp3) is 0.625. The average molecular weight is 449 g/mol. The molecule has 1 N–H and O–H groups in total. The van der Waals surface area contributed by atoms with Gasteiger partial charge in [-0.25, -0.2) is 9.59 Å². The first-order valence-corrected chi connectivity index (χ1v) is 11.1. The van der Waals surface area contributed by atoms with Crippen molar-refractivity contribution in [3.05, 3.63) is 35.9 Å². The van der Waals surface area contributed by atoms with E-state index in [9.17, 15) is 14.4 Å². The molecule has 1 fully saturated rings. The normalized spacial score (nSPS) is 15.9. The lowest BCUT2D eigenvalue weighted by Gasteiger charge is -2.35. The summed E-state index contributed by atoms with van der Waals surface area (Å²) < 4.78 is 16.2. The zero-order valence-electron chi connectivity index (χ0n) is 19.8. The third kappa shape index (κ3) is 8.86. The molecule has 32 heavy (non-hydrogen) atoms. The predicted octanol–water partition coefficient (Wildman–Crippen LogP) is 3.29. The summed E-state index contributed by atoms with van der Waals surface area (Å²) in [4.78, 5) is 38.8. The summed E-state index contributed by atoms with van der Waals surface area (Å²) in [6, 6.07) is 8.71. The third-order valence-corrected chi connectivity index (χ3v) is 5.03. The number of hydrogen-bond acceptors (Lipinski definition) is 6. The van der Waals surface area contributed by atoms with Crippen molar-refractivity contribution in [3.8, 4) is 0 Å². The van der Waals surface area contributed by atoms with Crippen molar-refractivity contribution in [2.24, 2.45) is 5.92 Å². The van der Waals surface area contributed by atoms with E-state index >= 15 is 0 Å². The Morgan fingerprint density at radius 3 is 2.28 bits per heavy atom. The molecule has 0 aliphatic carbocycles. The highest BCUT2D eigenvalue weighted by Gasteiger charge is 2.32. The molecule has 0 radical (unpaired) electrons. The first kappa shape index (κ1) is 25.6. The molecule has 1 aliphatic heterocycles. The second-order valence-corrected chi connectivity index (χ2v) is 9.35. The molecule has 1 heterocycles. The number of benzene rings is 1. The predicted molar refractivity (Wildman–Crippen MR) is 120 cm³/mol. The van der Waals surface area contributed by atoms with Crippen LogP contribution in [0.25, 0.3) is 0 Å². The molecule has 2 rings (SSSR count). The molecule has 0 unspecified atom stereocenters. The summed E-state index contributed by atoms with van der Waals surface area (Å²) >= 11 is 0. The monoisotopic (exact) mass is 448 g/mol. The quantitative estimate of drug-likeness (QED) is 0.614. The number of nitrogens with zero attached hydrogens (tertiary/aromatic N) is 1. The van der Waals surface area contributed by atoms with Gasteiger partial charge in [-0.2, -0.15) is 0 Å². The van der Waals surface area contributed by atoms with E-state index in [-0.39, 0.29) is 31.1 Å². The zero-order valence-corrected chi connectivity index (χ0v) is 19.8. The van der Waals surface area contributed by atoms with Crippen molar-refractivity contribution in [3.63, 3.8) is 0 Å². The lowest BCUT2D eigenvalue weighted by Crippen LogP contribution is -2.53. The van der Waals surface area contributed by atoms with Crippen LogP contribution in [0.5, 0.6) is 0 Å². The number of alkyl carbamates (subject to hydrolysis) is 1. The van der Waals surface area contributed by atoms with E-state index in [0.29, 0.717) is 25.9 Å². The van der Waals surface area contributed by atoms with Gasteiger partial charge in [-0.15, -0.1) is 0 Å². The largest absolute Gasteiger partial charge is 0.458 e. The van der Waals surface area contributed by atoms with E-state index in [2.05, 4.69) is 5.32 Å². The molecule has 0 aromatic heterocycles. The zero-order chi connectivity index (χ0) is 23.7. The van der Waals surface area contributed by atoms with Gasteiger partial charge in [0.25, 0.3) is 0 Å². The smallest absolute Gasteiger partial charge is 0.408 e. The van der Waals surface area contributed by atoms with E-state index in [1.807, 2.05) is 65.0 Å². The van der Waals surface area contributed by atoms with E-state index in [4.69, 9.17) is 14.2 Å². The molecular weight excluding hydrogens is 412 g/mol. The van der Waals surface area contributed by atoms with Crippen LogP contribution in [0.4, 0.5) is 4.79 Å². The van der Waals surface area contributed by atoms with E-state index in [0.717, 1.165) is 5.56 Å². The molecule has 1 atom stereocenters. The Morgan fingerprint density at radius 2 is 1.72 bits per heavy atom. The fourth-order valence-corrected chi connectivity index (χ4v) is 3.40. The summed E-state index contributed by atoms with van der Waals surface area (Å²) in [5.74, 6) is -0.621. The molecule has 1 aromatic carbocycles. The molecule has 8 heteroatoms. The van der Waals surface area contributed by atoms with Crippen LogP contribution in [0.3, 0.4) is 0 Å². The van der Waals surface area contributed by atoms with Gasteiger partial charge in [-0.3, -0.25) is 4.79 Å². The Bertz CT molecular complexity index is 752. The van der Waals surface area contributed by atoms with Crippen LogP contribution in [0.2, 0.25) is 0 Å². The van der Waals surface area contributed by atoms with Gasteiger partial charge in [0.15, 0.2) is 0 Å². The maximum Gasteiger partial charge on any atom is 0.408 e. The highest BCUT2D eigenvalue weighted by molar-refractivity contribution is 5.86. The molecule has 0 spiro atoms. The number of nitrogens with one attached hydrogen (secondary N) is 1. The molecule has 1 aromatic rings. The van der Waals surface area contributed by atoms with Gasteiger partial charge in [-0.05, 0) is 45.1 Å². The topological polar surface area (TPSA) is 94.2 Å². The van der Waals surface area contributed by atoms with Crippen molar-refractivity contribution >= 4 is 18.0 Å². The van der Waals surface area contributed by atoms with Crippen LogP contribution in [0.15, 0.2) is 30.3 Å². The minimum atomic E-state index is -0.669. The maximum atomic E-state index is 13.0.